The van der Waals surface area contributed by atoms with Gasteiger partial charge in [-0.15, -0.1) is 0 Å². The van der Waals surface area contributed by atoms with Crippen LogP contribution in [-0.2, 0) is 0 Å². The van der Waals surface area contributed by atoms with Gasteiger partial charge in [0.15, 0.2) is 0 Å². The molecule has 0 spiro atoms. The number of nitro groups is 1. The van der Waals surface area contributed by atoms with Crippen molar-refractivity contribution in [3.05, 3.63) is 32.5 Å². The Morgan fingerprint density at radius 3 is 2.67 bits per heavy atom. The van der Waals surface area contributed by atoms with Gasteiger partial charge in [0, 0.05) is 5.54 Å². The van der Waals surface area contributed by atoms with Crippen LogP contribution in [0.1, 0.15) is 32.6 Å². The molecule has 1 N–H and O–H groups in total. The highest BCUT2D eigenvalue weighted by Crippen LogP contribution is 2.41. The van der Waals surface area contributed by atoms with Crippen LogP contribution in [0.15, 0.2) is 16.6 Å². The zero-order chi connectivity index (χ0) is 13.3. The van der Waals surface area contributed by atoms with Gasteiger partial charge in [0.05, 0.1) is 15.5 Å². The summed E-state index contributed by atoms with van der Waals surface area (Å²) in [4.78, 5) is 10.4. The minimum Gasteiger partial charge on any atom is -0.374 e. The highest BCUT2D eigenvalue weighted by atomic mass is 79.9. The first-order valence-electron chi connectivity index (χ1n) is 5.89. The van der Waals surface area contributed by atoms with E-state index in [-0.39, 0.29) is 15.7 Å². The van der Waals surface area contributed by atoms with Crippen molar-refractivity contribution in [3.63, 3.8) is 0 Å². The second-order valence-electron chi connectivity index (χ2n) is 4.65. The van der Waals surface area contributed by atoms with Crippen LogP contribution in [0.25, 0.3) is 0 Å². The summed E-state index contributed by atoms with van der Waals surface area (Å²) in [5.41, 5.74) is 0.104. The van der Waals surface area contributed by atoms with E-state index < -0.39 is 10.7 Å². The van der Waals surface area contributed by atoms with E-state index in [9.17, 15) is 14.5 Å². The van der Waals surface area contributed by atoms with Gasteiger partial charge in [0.25, 0.3) is 5.69 Å². The molecule has 0 aromatic heterocycles. The number of nitrogens with zero attached hydrogens (tertiary/aromatic N) is 1. The Bertz CT molecular complexity index is 484. The van der Waals surface area contributed by atoms with Crippen LogP contribution in [0.4, 0.5) is 15.8 Å². The Hall–Kier alpha value is -1.17. The number of nitrogens with one attached hydrogen (secondary N) is 1. The number of hydrogen-bond donors (Lipinski definition) is 1. The summed E-state index contributed by atoms with van der Waals surface area (Å²) in [6, 6.07) is 2.40. The maximum Gasteiger partial charge on any atom is 0.295 e. The molecule has 98 valence electrons. The largest absolute Gasteiger partial charge is 0.374 e. The summed E-state index contributed by atoms with van der Waals surface area (Å²) in [6.45, 7) is 2.05. The molecule has 18 heavy (non-hydrogen) atoms. The summed E-state index contributed by atoms with van der Waals surface area (Å²) in [5.74, 6) is -0.619. The maximum atomic E-state index is 13.4. The molecule has 0 unspecified atom stereocenters. The second kappa shape index (κ2) is 4.84. The first kappa shape index (κ1) is 13.3. The molecule has 0 aliphatic heterocycles. The monoisotopic (exact) mass is 316 g/mol. The van der Waals surface area contributed by atoms with Gasteiger partial charge in [-0.25, -0.2) is 4.39 Å². The maximum absolute atomic E-state index is 13.4. The van der Waals surface area contributed by atoms with Crippen molar-refractivity contribution in [2.24, 2.45) is 0 Å². The van der Waals surface area contributed by atoms with Crippen LogP contribution < -0.4 is 5.32 Å². The van der Waals surface area contributed by atoms with Gasteiger partial charge in [0.1, 0.15) is 11.5 Å². The van der Waals surface area contributed by atoms with E-state index in [1.54, 1.807) is 0 Å². The van der Waals surface area contributed by atoms with Crippen molar-refractivity contribution in [3.8, 4) is 0 Å². The van der Waals surface area contributed by atoms with Crippen LogP contribution in [0.5, 0.6) is 0 Å². The lowest BCUT2D eigenvalue weighted by molar-refractivity contribution is -0.384. The molecule has 0 radical (unpaired) electrons. The third kappa shape index (κ3) is 2.34. The van der Waals surface area contributed by atoms with Gasteiger partial charge < -0.3 is 5.32 Å². The lowest BCUT2D eigenvalue weighted by atomic mass is 9.74. The SMILES string of the molecule is CCC1(Nc2cc(Br)c(F)cc2[N+](=O)[O-])CCC1. The number of halogens is 2. The molecule has 0 saturated heterocycles. The minimum atomic E-state index is -0.619. The van der Waals surface area contributed by atoms with Gasteiger partial charge >= 0.3 is 0 Å². The molecule has 0 bridgehead atoms. The molecule has 0 heterocycles. The van der Waals surface area contributed by atoms with Crippen LogP contribution in [0, 0.1) is 15.9 Å². The molecular formula is C12H14BrFN2O2. The fourth-order valence-electron chi connectivity index (χ4n) is 2.24. The van der Waals surface area contributed by atoms with Crippen LogP contribution >= 0.6 is 15.9 Å². The zero-order valence-electron chi connectivity index (χ0n) is 10.0. The molecule has 1 saturated carbocycles. The molecule has 1 aromatic rings. The second-order valence-corrected chi connectivity index (χ2v) is 5.51. The van der Waals surface area contributed by atoms with E-state index >= 15 is 0 Å². The Labute approximate surface area is 113 Å². The first-order chi connectivity index (χ1) is 8.47. The van der Waals surface area contributed by atoms with E-state index in [2.05, 4.69) is 28.2 Å². The number of anilines is 1. The van der Waals surface area contributed by atoms with Crippen LogP contribution in [0.2, 0.25) is 0 Å². The molecule has 1 aromatic carbocycles. The van der Waals surface area contributed by atoms with E-state index in [0.717, 1.165) is 31.7 Å². The fourth-order valence-corrected chi connectivity index (χ4v) is 2.59. The standard InChI is InChI=1S/C12H14BrFN2O2/c1-2-12(4-3-5-12)15-10-6-8(13)9(14)7-11(10)16(17)18/h6-7,15H,2-5H2,1H3. The summed E-state index contributed by atoms with van der Waals surface area (Å²) in [6.07, 6.45) is 4.02. The van der Waals surface area contributed by atoms with E-state index in [0.29, 0.717) is 5.69 Å². The lowest BCUT2D eigenvalue weighted by Gasteiger charge is -2.42. The molecule has 2 rings (SSSR count). The average molecular weight is 317 g/mol. The predicted octanol–water partition coefficient (Wildman–Crippen LogP) is 4.24. The normalized spacial score (nSPS) is 17.1. The predicted molar refractivity (Wildman–Crippen MR) is 71.3 cm³/mol. The quantitative estimate of drug-likeness (QED) is 0.667. The first-order valence-corrected chi connectivity index (χ1v) is 6.68. The number of benzene rings is 1. The minimum absolute atomic E-state index is 0.0674. The average Bonchev–Trinajstić information content (AvgIpc) is 2.27. The zero-order valence-corrected chi connectivity index (χ0v) is 11.6. The van der Waals surface area contributed by atoms with Crippen molar-refractivity contribution < 1.29 is 9.31 Å². The summed E-state index contributed by atoms with van der Waals surface area (Å²) in [5, 5.41) is 14.2. The van der Waals surface area contributed by atoms with Crippen molar-refractivity contribution in [1.82, 2.24) is 0 Å². The Balaban J connectivity index is 2.36. The Morgan fingerprint density at radius 1 is 1.56 bits per heavy atom. The molecule has 1 fully saturated rings. The summed E-state index contributed by atoms with van der Waals surface area (Å²) in [7, 11) is 0. The summed E-state index contributed by atoms with van der Waals surface area (Å²) < 4.78 is 13.6. The highest BCUT2D eigenvalue weighted by molar-refractivity contribution is 9.10. The Kier molecular flexibility index (Phi) is 3.56. The number of nitro benzene ring substituents is 1. The van der Waals surface area contributed by atoms with Crippen molar-refractivity contribution in [1.29, 1.82) is 0 Å². The van der Waals surface area contributed by atoms with Crippen molar-refractivity contribution >= 4 is 27.3 Å². The van der Waals surface area contributed by atoms with Crippen LogP contribution in [-0.4, -0.2) is 10.5 Å². The van der Waals surface area contributed by atoms with Gasteiger partial charge in [-0.3, -0.25) is 10.1 Å². The molecule has 1 aliphatic carbocycles. The highest BCUT2D eigenvalue weighted by Gasteiger charge is 2.36. The van der Waals surface area contributed by atoms with Gasteiger partial charge in [0.2, 0.25) is 0 Å². The van der Waals surface area contributed by atoms with Gasteiger partial charge in [-0.2, -0.15) is 0 Å². The molecule has 4 nitrogen and oxygen atoms in total. The van der Waals surface area contributed by atoms with Gasteiger partial charge in [-0.05, 0) is 47.7 Å². The third-order valence-corrected chi connectivity index (χ3v) is 4.23. The lowest BCUT2D eigenvalue weighted by Crippen LogP contribution is -2.44. The molecule has 0 atom stereocenters. The fraction of sp³-hybridized carbons (Fsp3) is 0.500. The Morgan fingerprint density at radius 2 is 2.22 bits per heavy atom. The molecular weight excluding hydrogens is 303 g/mol. The molecule has 0 amide bonds. The number of rotatable bonds is 4. The van der Waals surface area contributed by atoms with E-state index in [1.165, 1.54) is 6.07 Å². The van der Waals surface area contributed by atoms with Gasteiger partial charge in [-0.1, -0.05) is 6.92 Å². The third-order valence-electron chi connectivity index (χ3n) is 3.62. The van der Waals surface area contributed by atoms with Crippen molar-refractivity contribution in [2.45, 2.75) is 38.1 Å². The number of hydrogen-bond acceptors (Lipinski definition) is 3. The molecule has 1 aliphatic rings. The molecule has 6 heteroatoms. The van der Waals surface area contributed by atoms with Crippen LogP contribution in [0.3, 0.4) is 0 Å². The van der Waals surface area contributed by atoms with E-state index in [4.69, 9.17) is 0 Å². The smallest absolute Gasteiger partial charge is 0.295 e. The van der Waals surface area contributed by atoms with E-state index in [1.807, 2.05) is 0 Å². The topological polar surface area (TPSA) is 55.2 Å². The summed E-state index contributed by atoms with van der Waals surface area (Å²) >= 11 is 3.06. The van der Waals surface area contributed by atoms with Crippen molar-refractivity contribution in [2.75, 3.05) is 5.32 Å².